The van der Waals surface area contributed by atoms with Crippen molar-refractivity contribution in [2.24, 2.45) is 0 Å². The SMILES string of the molecule is CNCCC(Cc1ccccc1C(F)(F)F)c1ccccc1OC. The van der Waals surface area contributed by atoms with E-state index in [1.165, 1.54) is 6.07 Å². The van der Waals surface area contributed by atoms with E-state index in [4.69, 9.17) is 4.74 Å². The number of nitrogens with one attached hydrogen (secondary N) is 1. The summed E-state index contributed by atoms with van der Waals surface area (Å²) in [6.07, 6.45) is -3.30. The van der Waals surface area contributed by atoms with Gasteiger partial charge in [0.1, 0.15) is 5.75 Å². The number of hydrogen-bond donors (Lipinski definition) is 1. The highest BCUT2D eigenvalue weighted by Crippen LogP contribution is 2.36. The average Bonchev–Trinajstić information content (AvgIpc) is 2.58. The highest BCUT2D eigenvalue weighted by atomic mass is 19.4. The lowest BCUT2D eigenvalue weighted by atomic mass is 9.87. The van der Waals surface area contributed by atoms with Crippen LogP contribution in [0, 0.1) is 0 Å². The van der Waals surface area contributed by atoms with Gasteiger partial charge in [0.05, 0.1) is 12.7 Å². The zero-order valence-electron chi connectivity index (χ0n) is 13.9. The maximum absolute atomic E-state index is 13.3. The van der Waals surface area contributed by atoms with Crippen LogP contribution in [0.2, 0.25) is 0 Å². The summed E-state index contributed by atoms with van der Waals surface area (Å²) in [6, 6.07) is 13.3. The molecule has 2 aromatic carbocycles. The molecule has 0 bridgehead atoms. The molecule has 130 valence electrons. The quantitative estimate of drug-likeness (QED) is 0.794. The topological polar surface area (TPSA) is 21.3 Å². The molecule has 0 aliphatic heterocycles. The third-order valence-electron chi connectivity index (χ3n) is 4.11. The third-order valence-corrected chi connectivity index (χ3v) is 4.11. The van der Waals surface area contributed by atoms with Crippen LogP contribution < -0.4 is 10.1 Å². The second-order valence-corrected chi connectivity index (χ2v) is 5.69. The fourth-order valence-corrected chi connectivity index (χ4v) is 2.93. The molecule has 0 saturated heterocycles. The maximum atomic E-state index is 13.3. The Morgan fingerprint density at radius 2 is 1.71 bits per heavy atom. The van der Waals surface area contributed by atoms with Gasteiger partial charge in [0.25, 0.3) is 0 Å². The van der Waals surface area contributed by atoms with Crippen molar-refractivity contribution in [1.29, 1.82) is 0 Å². The molecule has 0 radical (unpaired) electrons. The molecular weight excluding hydrogens is 315 g/mol. The standard InChI is InChI=1S/C19H22F3NO/c1-23-12-11-14(16-8-4-6-10-18(16)24-2)13-15-7-3-5-9-17(15)19(20,21)22/h3-10,14,23H,11-13H2,1-2H3. The van der Waals surface area contributed by atoms with E-state index in [1.807, 2.05) is 31.3 Å². The molecule has 0 aliphatic carbocycles. The van der Waals surface area contributed by atoms with E-state index < -0.39 is 11.7 Å². The smallest absolute Gasteiger partial charge is 0.416 e. The fraction of sp³-hybridized carbons (Fsp3) is 0.368. The predicted molar refractivity (Wildman–Crippen MR) is 89.4 cm³/mol. The van der Waals surface area contributed by atoms with Crippen LogP contribution in [0.4, 0.5) is 13.2 Å². The van der Waals surface area contributed by atoms with Gasteiger partial charge in [-0.2, -0.15) is 13.2 Å². The lowest BCUT2D eigenvalue weighted by molar-refractivity contribution is -0.138. The van der Waals surface area contributed by atoms with Gasteiger partial charge in [-0.05, 0) is 55.6 Å². The Bertz CT molecular complexity index is 655. The highest BCUT2D eigenvalue weighted by molar-refractivity contribution is 5.39. The molecule has 1 atom stereocenters. The molecule has 0 saturated carbocycles. The number of ether oxygens (including phenoxy) is 1. The minimum atomic E-state index is -4.34. The van der Waals surface area contributed by atoms with Crippen molar-refractivity contribution in [1.82, 2.24) is 5.32 Å². The van der Waals surface area contributed by atoms with Gasteiger partial charge in [0.2, 0.25) is 0 Å². The van der Waals surface area contributed by atoms with E-state index in [0.717, 1.165) is 24.6 Å². The summed E-state index contributed by atoms with van der Waals surface area (Å²) in [5, 5.41) is 3.07. The van der Waals surface area contributed by atoms with Crippen molar-refractivity contribution in [2.45, 2.75) is 24.9 Å². The molecule has 0 fully saturated rings. The molecule has 0 amide bonds. The monoisotopic (exact) mass is 337 g/mol. The number of halogens is 3. The van der Waals surface area contributed by atoms with E-state index in [1.54, 1.807) is 19.2 Å². The zero-order chi connectivity index (χ0) is 17.6. The number of hydrogen-bond acceptors (Lipinski definition) is 2. The molecule has 0 aliphatic rings. The zero-order valence-corrected chi connectivity index (χ0v) is 13.9. The van der Waals surface area contributed by atoms with Gasteiger partial charge in [-0.3, -0.25) is 0 Å². The van der Waals surface area contributed by atoms with Crippen LogP contribution in [0.1, 0.15) is 29.0 Å². The van der Waals surface area contributed by atoms with Crippen molar-refractivity contribution in [2.75, 3.05) is 20.7 Å². The molecule has 2 rings (SSSR count). The lowest BCUT2D eigenvalue weighted by Gasteiger charge is -2.22. The lowest BCUT2D eigenvalue weighted by Crippen LogP contribution is -2.16. The summed E-state index contributed by atoms with van der Waals surface area (Å²) in [6.45, 7) is 0.719. The fourth-order valence-electron chi connectivity index (χ4n) is 2.93. The van der Waals surface area contributed by atoms with Crippen molar-refractivity contribution in [3.8, 4) is 5.75 Å². The molecule has 2 aromatic rings. The highest BCUT2D eigenvalue weighted by Gasteiger charge is 2.33. The van der Waals surface area contributed by atoms with Crippen molar-refractivity contribution in [3.63, 3.8) is 0 Å². The van der Waals surface area contributed by atoms with Gasteiger partial charge in [0, 0.05) is 0 Å². The van der Waals surface area contributed by atoms with Crippen LogP contribution in [0.25, 0.3) is 0 Å². The number of rotatable bonds is 7. The van der Waals surface area contributed by atoms with Crippen LogP contribution >= 0.6 is 0 Å². The van der Waals surface area contributed by atoms with E-state index in [9.17, 15) is 13.2 Å². The van der Waals surface area contributed by atoms with Gasteiger partial charge in [-0.1, -0.05) is 36.4 Å². The largest absolute Gasteiger partial charge is 0.496 e. The van der Waals surface area contributed by atoms with Gasteiger partial charge in [-0.15, -0.1) is 0 Å². The Labute approximate surface area is 140 Å². The molecule has 2 nitrogen and oxygen atoms in total. The second-order valence-electron chi connectivity index (χ2n) is 5.69. The summed E-state index contributed by atoms with van der Waals surface area (Å²) in [5.74, 6) is 0.653. The number of para-hydroxylation sites is 1. The Morgan fingerprint density at radius 3 is 2.38 bits per heavy atom. The molecule has 0 spiro atoms. The van der Waals surface area contributed by atoms with Crippen molar-refractivity contribution < 1.29 is 17.9 Å². The molecule has 1 unspecified atom stereocenters. The Kier molecular flexibility index (Phi) is 6.26. The average molecular weight is 337 g/mol. The molecule has 5 heteroatoms. The first-order chi connectivity index (χ1) is 11.5. The van der Waals surface area contributed by atoms with Crippen LogP contribution in [0.3, 0.4) is 0 Å². The predicted octanol–water partition coefficient (Wildman–Crippen LogP) is 4.65. The summed E-state index contributed by atoms with van der Waals surface area (Å²) in [7, 11) is 3.42. The first kappa shape index (κ1) is 18.3. The van der Waals surface area contributed by atoms with E-state index >= 15 is 0 Å². The Hall–Kier alpha value is -2.01. The minimum Gasteiger partial charge on any atom is -0.496 e. The van der Waals surface area contributed by atoms with E-state index in [2.05, 4.69) is 5.32 Å². The van der Waals surface area contributed by atoms with E-state index in [-0.39, 0.29) is 5.92 Å². The van der Waals surface area contributed by atoms with Gasteiger partial charge in [0.15, 0.2) is 0 Å². The molecule has 1 N–H and O–H groups in total. The summed E-state index contributed by atoms with van der Waals surface area (Å²) in [5.41, 5.74) is 0.693. The minimum absolute atomic E-state index is 0.0582. The van der Waals surface area contributed by atoms with Gasteiger partial charge >= 0.3 is 6.18 Å². The van der Waals surface area contributed by atoms with Crippen LogP contribution in [0.15, 0.2) is 48.5 Å². The first-order valence-corrected chi connectivity index (χ1v) is 7.90. The first-order valence-electron chi connectivity index (χ1n) is 7.90. The summed E-state index contributed by atoms with van der Waals surface area (Å²) < 4.78 is 45.2. The molecule has 0 heterocycles. The van der Waals surface area contributed by atoms with Crippen LogP contribution in [0.5, 0.6) is 5.75 Å². The molecular formula is C19H22F3NO. The van der Waals surface area contributed by atoms with Gasteiger partial charge in [-0.25, -0.2) is 0 Å². The third kappa shape index (κ3) is 4.51. The van der Waals surface area contributed by atoms with E-state index in [0.29, 0.717) is 17.7 Å². The molecule has 24 heavy (non-hydrogen) atoms. The second kappa shape index (κ2) is 8.20. The normalized spacial score (nSPS) is 12.9. The summed E-state index contributed by atoms with van der Waals surface area (Å²) in [4.78, 5) is 0. The number of methoxy groups -OCH3 is 1. The van der Waals surface area contributed by atoms with Gasteiger partial charge < -0.3 is 10.1 Å². The van der Waals surface area contributed by atoms with Crippen LogP contribution in [-0.4, -0.2) is 20.7 Å². The van der Waals surface area contributed by atoms with Crippen molar-refractivity contribution in [3.05, 3.63) is 65.2 Å². The molecule has 0 aromatic heterocycles. The van der Waals surface area contributed by atoms with Crippen molar-refractivity contribution >= 4 is 0 Å². The Balaban J connectivity index is 2.37. The number of alkyl halides is 3. The summed E-state index contributed by atoms with van der Waals surface area (Å²) >= 11 is 0. The number of benzene rings is 2. The maximum Gasteiger partial charge on any atom is 0.416 e. The Morgan fingerprint density at radius 1 is 1.04 bits per heavy atom. The van der Waals surface area contributed by atoms with Crippen LogP contribution in [-0.2, 0) is 12.6 Å².